The molecule has 0 atom stereocenters. The summed E-state index contributed by atoms with van der Waals surface area (Å²) in [5.74, 6) is -0.162. The Balaban J connectivity index is 1.59. The van der Waals surface area contributed by atoms with E-state index in [9.17, 15) is 4.79 Å². The van der Waals surface area contributed by atoms with Gasteiger partial charge in [0.05, 0.1) is 13.2 Å². The maximum atomic E-state index is 11.5. The van der Waals surface area contributed by atoms with Crippen molar-refractivity contribution >= 4 is 5.91 Å². The quantitative estimate of drug-likeness (QED) is 0.787. The normalized spacial score (nSPS) is 23.1. The van der Waals surface area contributed by atoms with E-state index in [1.54, 1.807) is 0 Å². The Bertz CT molecular complexity index is 291. The molecule has 2 aliphatic rings. The number of amides is 1. The number of nitrogens with one attached hydrogen (secondary N) is 2. The van der Waals surface area contributed by atoms with Gasteiger partial charge in [0.25, 0.3) is 0 Å². The number of carbonyl (C=O) groups is 1. The lowest BCUT2D eigenvalue weighted by Gasteiger charge is -2.35. The van der Waals surface area contributed by atoms with Gasteiger partial charge in [-0.3, -0.25) is 4.79 Å². The standard InChI is InChI=1S/C14H26N2O3/c1-11(2)16-13(17)5-8-15-12-3-6-14(7-4-12)18-9-10-19-14/h11-12,15H,3-10H2,1-2H3,(H,16,17). The van der Waals surface area contributed by atoms with Crippen LogP contribution in [0.15, 0.2) is 0 Å². The lowest BCUT2D eigenvalue weighted by Crippen LogP contribution is -2.43. The molecule has 5 nitrogen and oxygen atoms in total. The van der Waals surface area contributed by atoms with E-state index in [4.69, 9.17) is 9.47 Å². The van der Waals surface area contributed by atoms with Gasteiger partial charge in [0.15, 0.2) is 5.79 Å². The maximum absolute atomic E-state index is 11.5. The van der Waals surface area contributed by atoms with Crippen molar-refractivity contribution in [3.8, 4) is 0 Å². The first-order valence-corrected chi connectivity index (χ1v) is 7.40. The minimum Gasteiger partial charge on any atom is -0.354 e. The molecule has 0 aromatic rings. The molecule has 1 amide bonds. The lowest BCUT2D eigenvalue weighted by molar-refractivity contribution is -0.179. The van der Waals surface area contributed by atoms with Crippen molar-refractivity contribution in [2.24, 2.45) is 0 Å². The third-order valence-electron chi connectivity index (χ3n) is 3.80. The number of ether oxygens (including phenoxy) is 2. The van der Waals surface area contributed by atoms with Crippen molar-refractivity contribution in [1.29, 1.82) is 0 Å². The molecule has 1 aliphatic heterocycles. The van der Waals surface area contributed by atoms with Crippen LogP contribution >= 0.6 is 0 Å². The Morgan fingerprint density at radius 1 is 1.26 bits per heavy atom. The van der Waals surface area contributed by atoms with E-state index in [1.807, 2.05) is 13.8 Å². The molecule has 2 N–H and O–H groups in total. The average molecular weight is 270 g/mol. The van der Waals surface area contributed by atoms with E-state index in [-0.39, 0.29) is 17.7 Å². The van der Waals surface area contributed by atoms with Crippen molar-refractivity contribution in [3.05, 3.63) is 0 Å². The van der Waals surface area contributed by atoms with Gasteiger partial charge in [-0.25, -0.2) is 0 Å². The highest BCUT2D eigenvalue weighted by molar-refractivity contribution is 5.76. The van der Waals surface area contributed by atoms with Crippen LogP contribution in [0.3, 0.4) is 0 Å². The van der Waals surface area contributed by atoms with Crippen LogP contribution in [0, 0.1) is 0 Å². The molecule has 1 heterocycles. The monoisotopic (exact) mass is 270 g/mol. The fourth-order valence-electron chi connectivity index (χ4n) is 2.83. The molecule has 0 radical (unpaired) electrons. The van der Waals surface area contributed by atoms with Gasteiger partial charge in [-0.1, -0.05) is 0 Å². The Morgan fingerprint density at radius 3 is 2.47 bits per heavy atom. The molecule has 19 heavy (non-hydrogen) atoms. The summed E-state index contributed by atoms with van der Waals surface area (Å²) in [6.45, 7) is 6.17. The molecular weight excluding hydrogens is 244 g/mol. The minimum atomic E-state index is -0.285. The molecule has 1 saturated carbocycles. The number of carbonyl (C=O) groups excluding carboxylic acids is 1. The van der Waals surface area contributed by atoms with Crippen LogP contribution in [-0.2, 0) is 14.3 Å². The summed E-state index contributed by atoms with van der Waals surface area (Å²) in [4.78, 5) is 11.5. The summed E-state index contributed by atoms with van der Waals surface area (Å²) in [5.41, 5.74) is 0. The summed E-state index contributed by atoms with van der Waals surface area (Å²) in [6.07, 6.45) is 4.59. The van der Waals surface area contributed by atoms with Crippen LogP contribution in [-0.4, -0.2) is 43.5 Å². The Kier molecular flexibility index (Phi) is 5.19. The number of rotatable bonds is 5. The first-order valence-electron chi connectivity index (χ1n) is 7.40. The van der Waals surface area contributed by atoms with E-state index >= 15 is 0 Å². The topological polar surface area (TPSA) is 59.6 Å². The summed E-state index contributed by atoms with van der Waals surface area (Å²) in [5, 5.41) is 6.36. The third kappa shape index (κ3) is 4.44. The minimum absolute atomic E-state index is 0.122. The molecule has 0 aromatic heterocycles. The number of hydrogen-bond acceptors (Lipinski definition) is 4. The Morgan fingerprint density at radius 2 is 1.89 bits per heavy atom. The van der Waals surface area contributed by atoms with Crippen LogP contribution in [0.2, 0.25) is 0 Å². The summed E-state index contributed by atoms with van der Waals surface area (Å²) < 4.78 is 11.4. The van der Waals surface area contributed by atoms with Crippen LogP contribution < -0.4 is 10.6 Å². The van der Waals surface area contributed by atoms with Crippen LogP contribution in [0.25, 0.3) is 0 Å². The SMILES string of the molecule is CC(C)NC(=O)CCNC1CCC2(CC1)OCCO2. The largest absolute Gasteiger partial charge is 0.354 e. The molecule has 1 saturated heterocycles. The van der Waals surface area contributed by atoms with Crippen molar-refractivity contribution in [2.75, 3.05) is 19.8 Å². The van der Waals surface area contributed by atoms with E-state index in [1.165, 1.54) is 0 Å². The predicted octanol–water partition coefficient (Wildman–Crippen LogP) is 1.18. The van der Waals surface area contributed by atoms with Crippen molar-refractivity contribution in [1.82, 2.24) is 10.6 Å². The average Bonchev–Trinajstić information content (AvgIpc) is 2.80. The molecule has 1 aliphatic carbocycles. The Labute approximate surface area is 115 Å². The van der Waals surface area contributed by atoms with Gasteiger partial charge >= 0.3 is 0 Å². The Hall–Kier alpha value is -0.650. The molecule has 2 rings (SSSR count). The highest BCUT2D eigenvalue weighted by atomic mass is 16.7. The van der Waals surface area contributed by atoms with Gasteiger partial charge in [0.1, 0.15) is 0 Å². The van der Waals surface area contributed by atoms with Gasteiger partial charge < -0.3 is 20.1 Å². The van der Waals surface area contributed by atoms with Crippen LogP contribution in [0.1, 0.15) is 46.0 Å². The van der Waals surface area contributed by atoms with Crippen LogP contribution in [0.5, 0.6) is 0 Å². The third-order valence-corrected chi connectivity index (χ3v) is 3.80. The zero-order valence-corrected chi connectivity index (χ0v) is 12.0. The van der Waals surface area contributed by atoms with E-state index < -0.39 is 0 Å². The molecule has 2 fully saturated rings. The second-order valence-corrected chi connectivity index (χ2v) is 5.81. The summed E-state index contributed by atoms with van der Waals surface area (Å²) in [7, 11) is 0. The van der Waals surface area contributed by atoms with Crippen molar-refractivity contribution < 1.29 is 14.3 Å². The van der Waals surface area contributed by atoms with Crippen molar-refractivity contribution in [2.45, 2.75) is 63.8 Å². The first kappa shape index (κ1) is 14.8. The summed E-state index contributed by atoms with van der Waals surface area (Å²) >= 11 is 0. The number of hydrogen-bond donors (Lipinski definition) is 2. The molecule has 0 bridgehead atoms. The zero-order valence-electron chi connectivity index (χ0n) is 12.0. The molecule has 1 spiro atoms. The molecule has 0 aromatic carbocycles. The molecule has 110 valence electrons. The second-order valence-electron chi connectivity index (χ2n) is 5.81. The van der Waals surface area contributed by atoms with Crippen molar-refractivity contribution in [3.63, 3.8) is 0 Å². The van der Waals surface area contributed by atoms with Crippen LogP contribution in [0.4, 0.5) is 0 Å². The van der Waals surface area contributed by atoms with Gasteiger partial charge in [-0.15, -0.1) is 0 Å². The fourth-order valence-corrected chi connectivity index (χ4v) is 2.83. The highest BCUT2D eigenvalue weighted by Crippen LogP contribution is 2.35. The maximum Gasteiger partial charge on any atom is 0.221 e. The second kappa shape index (κ2) is 6.68. The molecular formula is C14H26N2O3. The predicted molar refractivity (Wildman–Crippen MR) is 72.8 cm³/mol. The van der Waals surface area contributed by atoms with Gasteiger partial charge in [-0.2, -0.15) is 0 Å². The molecule has 5 heteroatoms. The first-order chi connectivity index (χ1) is 9.10. The van der Waals surface area contributed by atoms with Gasteiger partial charge in [0, 0.05) is 37.9 Å². The van der Waals surface area contributed by atoms with Gasteiger partial charge in [0.2, 0.25) is 5.91 Å². The highest BCUT2D eigenvalue weighted by Gasteiger charge is 2.40. The van der Waals surface area contributed by atoms with E-state index in [0.717, 1.165) is 45.4 Å². The van der Waals surface area contributed by atoms with E-state index in [0.29, 0.717) is 12.5 Å². The van der Waals surface area contributed by atoms with E-state index in [2.05, 4.69) is 10.6 Å². The smallest absolute Gasteiger partial charge is 0.221 e. The lowest BCUT2D eigenvalue weighted by atomic mass is 9.90. The molecule has 0 unspecified atom stereocenters. The van der Waals surface area contributed by atoms with Gasteiger partial charge in [-0.05, 0) is 26.7 Å². The summed E-state index contributed by atoms with van der Waals surface area (Å²) in [6, 6.07) is 0.712. The zero-order chi connectivity index (χ0) is 13.7. The fraction of sp³-hybridized carbons (Fsp3) is 0.929.